The van der Waals surface area contributed by atoms with Crippen LogP contribution in [0.2, 0.25) is 9.88 Å². The second-order valence-electron chi connectivity index (χ2n) is 12.7. The number of nitrogens with zero attached hydrogens (tertiary/aromatic N) is 2. The van der Waals surface area contributed by atoms with E-state index in [9.17, 15) is 9.59 Å². The van der Waals surface area contributed by atoms with Crippen LogP contribution in [0.3, 0.4) is 0 Å². The van der Waals surface area contributed by atoms with E-state index >= 15 is 0 Å². The van der Waals surface area contributed by atoms with Crippen LogP contribution >= 0.6 is 15.9 Å². The van der Waals surface area contributed by atoms with Crippen molar-refractivity contribution in [1.29, 1.82) is 0 Å². The van der Waals surface area contributed by atoms with Crippen LogP contribution in [-0.2, 0) is 9.47 Å². The summed E-state index contributed by atoms with van der Waals surface area (Å²) in [6, 6.07) is 20.3. The molecular formula is C38H61BrN2O4Sn. The molecule has 2 aromatic carbocycles. The van der Waals surface area contributed by atoms with Gasteiger partial charge in [0.25, 0.3) is 0 Å². The van der Waals surface area contributed by atoms with Gasteiger partial charge in [-0.05, 0) is 50.5 Å². The first-order chi connectivity index (χ1) is 21.6. The topological polar surface area (TPSA) is 59.1 Å². The quantitative estimate of drug-likeness (QED) is 0.284. The van der Waals surface area contributed by atoms with Crippen molar-refractivity contribution < 1.29 is 19.1 Å². The van der Waals surface area contributed by atoms with E-state index in [1.807, 2.05) is 118 Å². The van der Waals surface area contributed by atoms with E-state index < -0.39 is 31.0 Å². The zero-order chi connectivity index (χ0) is 35.3. The molecule has 2 aliphatic rings. The molecule has 46 heavy (non-hydrogen) atoms. The summed E-state index contributed by atoms with van der Waals surface area (Å²) in [5.41, 5.74) is 1.73. The monoisotopic (exact) mass is 808 g/mol. The predicted molar refractivity (Wildman–Crippen MR) is 203 cm³/mol. The predicted octanol–water partition coefficient (Wildman–Crippen LogP) is 10.8. The third-order valence-electron chi connectivity index (χ3n) is 6.38. The molecule has 0 radical (unpaired) electrons. The molecule has 0 aliphatic carbocycles. The van der Waals surface area contributed by atoms with Gasteiger partial charge >= 0.3 is 112 Å². The number of benzene rings is 2. The average Bonchev–Trinajstić information content (AvgIpc) is 3.03. The maximum atomic E-state index is 11.9. The fourth-order valence-electron chi connectivity index (χ4n) is 4.19. The van der Waals surface area contributed by atoms with Crippen molar-refractivity contribution in [3.05, 3.63) is 86.4 Å². The second kappa shape index (κ2) is 23.1. The molecule has 0 atom stereocenters. The Kier molecular flexibility index (Phi) is 22.0. The zero-order valence-electron chi connectivity index (χ0n) is 30.7. The Balaban J connectivity index is 0.000000675. The average molecular weight is 809 g/mol. The first-order valence-electron chi connectivity index (χ1n) is 16.7. The van der Waals surface area contributed by atoms with Crippen molar-refractivity contribution in [3.8, 4) is 0 Å². The van der Waals surface area contributed by atoms with E-state index in [0.717, 1.165) is 36.9 Å². The molecule has 0 spiro atoms. The Morgan fingerprint density at radius 2 is 1.09 bits per heavy atom. The fraction of sp³-hybridized carbons (Fsp3) is 0.526. The van der Waals surface area contributed by atoms with E-state index in [2.05, 4.69) is 50.1 Å². The van der Waals surface area contributed by atoms with Gasteiger partial charge in [0.05, 0.1) is 0 Å². The molecule has 2 aromatic rings. The van der Waals surface area contributed by atoms with Crippen LogP contribution in [0.25, 0.3) is 5.57 Å². The van der Waals surface area contributed by atoms with Crippen LogP contribution < -0.4 is 0 Å². The molecule has 2 amide bonds. The molecule has 0 N–H and O–H groups in total. The second-order valence-corrected chi connectivity index (χ2v) is 22.3. The Morgan fingerprint density at radius 3 is 1.39 bits per heavy atom. The molecule has 0 saturated heterocycles. The summed E-state index contributed by atoms with van der Waals surface area (Å²) >= 11 is 2.00. The van der Waals surface area contributed by atoms with Gasteiger partial charge in [-0.1, -0.05) is 98.2 Å². The molecule has 0 fully saturated rings. The van der Waals surface area contributed by atoms with Gasteiger partial charge in [-0.25, -0.2) is 4.79 Å². The van der Waals surface area contributed by atoms with Gasteiger partial charge in [-0.15, -0.1) is 0 Å². The molecule has 8 heteroatoms. The Labute approximate surface area is 296 Å². The Morgan fingerprint density at radius 1 is 0.674 bits per heavy atom. The minimum atomic E-state index is -1.31. The SMILES string of the molecule is Brc1ccccc1.CC.CC.CC(C)(C)OC(=O)N1CC=C(c2ccccc2)CC1.[CH3][SnH]([CH3])[C]1=CCN(C(=O)OC(C)(C)C)CC1. The van der Waals surface area contributed by atoms with Crippen molar-refractivity contribution in [2.24, 2.45) is 0 Å². The Bertz CT molecular complexity index is 1190. The van der Waals surface area contributed by atoms with Gasteiger partial charge < -0.3 is 9.64 Å². The molecule has 0 saturated carbocycles. The van der Waals surface area contributed by atoms with E-state index in [-0.39, 0.29) is 12.2 Å². The van der Waals surface area contributed by atoms with Gasteiger partial charge in [-0.3, -0.25) is 0 Å². The number of hydrogen-bond donors (Lipinski definition) is 0. The van der Waals surface area contributed by atoms with Crippen LogP contribution in [0.1, 0.15) is 87.6 Å². The molecule has 2 heterocycles. The van der Waals surface area contributed by atoms with Crippen molar-refractivity contribution in [3.63, 3.8) is 0 Å². The van der Waals surface area contributed by atoms with Gasteiger partial charge in [0.15, 0.2) is 0 Å². The zero-order valence-corrected chi connectivity index (χ0v) is 35.5. The van der Waals surface area contributed by atoms with E-state index in [4.69, 9.17) is 9.47 Å². The third kappa shape index (κ3) is 19.4. The molecule has 4 rings (SSSR count). The van der Waals surface area contributed by atoms with Crippen molar-refractivity contribution in [2.45, 2.75) is 103 Å². The molecule has 0 aromatic heterocycles. The first-order valence-corrected chi connectivity index (χ1v) is 25.8. The Hall–Kier alpha value is -2.26. The standard InChI is InChI=1S/C16H21NO2.C10H16NO2.C6H5Br.2C2H6.2CH3.Sn.H/c1-16(2,3)19-15(18)17-11-9-14(10-12-17)13-7-5-4-6-8-13;1-10(2,3)13-9(12)11-7-5-4-6-8-11;7-6-4-2-1-3-5-6;2*1-2;;;;/h4-9H,10-12H2,1-3H3;5H,6-8H2,1-3H3;1-5H;2*1-2H3;2*1H3;;. The van der Waals surface area contributed by atoms with E-state index in [1.165, 1.54) is 11.1 Å². The van der Waals surface area contributed by atoms with Crippen LogP contribution in [0.5, 0.6) is 0 Å². The minimum absolute atomic E-state index is 0.179. The number of amides is 2. The summed E-state index contributed by atoms with van der Waals surface area (Å²) in [7, 11) is 0. The number of carbonyl (C=O) groups excluding carboxylic acids is 2. The molecule has 258 valence electrons. The normalized spacial score (nSPS) is 14.2. The fourth-order valence-corrected chi connectivity index (χ4v) is 8.16. The maximum absolute atomic E-state index is 11.9. The van der Waals surface area contributed by atoms with Gasteiger partial charge in [0.2, 0.25) is 0 Å². The molecule has 0 unspecified atom stereocenters. The van der Waals surface area contributed by atoms with Crippen molar-refractivity contribution in [2.75, 3.05) is 26.2 Å². The molecule has 6 nitrogen and oxygen atoms in total. The van der Waals surface area contributed by atoms with Gasteiger partial charge in [0, 0.05) is 17.6 Å². The summed E-state index contributed by atoms with van der Waals surface area (Å²) < 4.78 is 13.5. The van der Waals surface area contributed by atoms with E-state index in [0.29, 0.717) is 6.54 Å². The first kappa shape index (κ1) is 43.7. The van der Waals surface area contributed by atoms with Crippen molar-refractivity contribution >= 4 is 53.4 Å². The van der Waals surface area contributed by atoms with Crippen LogP contribution in [-0.4, -0.2) is 79.1 Å². The van der Waals surface area contributed by atoms with E-state index in [1.54, 1.807) is 13.4 Å². The third-order valence-corrected chi connectivity index (χ3v) is 12.6. The van der Waals surface area contributed by atoms with Gasteiger partial charge in [-0.2, -0.15) is 0 Å². The summed E-state index contributed by atoms with van der Waals surface area (Å²) in [5, 5.41) is 0. The number of rotatable bonds is 2. The summed E-state index contributed by atoms with van der Waals surface area (Å²) in [6.07, 6.45) is 5.89. The number of ether oxygens (including phenoxy) is 2. The summed E-state index contributed by atoms with van der Waals surface area (Å²) in [5.74, 6) is 0. The molecule has 0 bridgehead atoms. The number of halogens is 1. The summed E-state index contributed by atoms with van der Waals surface area (Å²) in [6.45, 7) is 22.3. The van der Waals surface area contributed by atoms with Crippen LogP contribution in [0.15, 0.2) is 80.9 Å². The summed E-state index contributed by atoms with van der Waals surface area (Å²) in [4.78, 5) is 32.1. The van der Waals surface area contributed by atoms with Crippen LogP contribution in [0.4, 0.5) is 9.59 Å². The van der Waals surface area contributed by atoms with Crippen molar-refractivity contribution in [1.82, 2.24) is 9.80 Å². The molecular weight excluding hydrogens is 747 g/mol. The number of hydrogen-bond acceptors (Lipinski definition) is 4. The van der Waals surface area contributed by atoms with Gasteiger partial charge in [0.1, 0.15) is 5.60 Å². The van der Waals surface area contributed by atoms with Crippen LogP contribution in [0, 0.1) is 0 Å². The number of carbonyl (C=O) groups is 2. The molecule has 2 aliphatic heterocycles.